The summed E-state index contributed by atoms with van der Waals surface area (Å²) in [5, 5.41) is 2.77. The van der Waals surface area contributed by atoms with Crippen LogP contribution in [-0.4, -0.2) is 61.9 Å². The summed E-state index contributed by atoms with van der Waals surface area (Å²) in [6.07, 6.45) is 8.39. The Hall–Kier alpha value is -3.66. The number of benzene rings is 1. The molecule has 0 bridgehead atoms. The molecule has 2 aliphatic rings. The Morgan fingerprint density at radius 3 is 2.50 bits per heavy atom. The van der Waals surface area contributed by atoms with Gasteiger partial charge in [0.15, 0.2) is 11.4 Å². The first-order chi connectivity index (χ1) is 20.4. The Balaban J connectivity index is 1.51. The largest absolute Gasteiger partial charge is 0.493 e. The van der Waals surface area contributed by atoms with E-state index in [-0.39, 0.29) is 42.2 Å². The summed E-state index contributed by atoms with van der Waals surface area (Å²) in [6, 6.07) is 10.2. The fraction of sp³-hybridized carbons (Fsp3) is 0.562. The molecule has 2 fully saturated rings. The van der Waals surface area contributed by atoms with Crippen LogP contribution in [0.3, 0.4) is 0 Å². The average Bonchev–Trinajstić information content (AvgIpc) is 3.52. The zero-order chi connectivity index (χ0) is 29.9. The third-order valence-electron chi connectivity index (χ3n) is 8.04. The van der Waals surface area contributed by atoms with Crippen molar-refractivity contribution in [3.8, 4) is 17.2 Å². The second-order valence-corrected chi connectivity index (χ2v) is 11.0. The predicted octanol–water partition coefficient (Wildman–Crippen LogP) is 4.89. The lowest BCUT2D eigenvalue weighted by Crippen LogP contribution is -2.45. The maximum absolute atomic E-state index is 13.4. The number of carbonyl (C=O) groups excluding carboxylic acids is 3. The topological polar surface area (TPSA) is 122 Å². The number of amides is 1. The summed E-state index contributed by atoms with van der Waals surface area (Å²) < 4.78 is 28.1. The quantitative estimate of drug-likeness (QED) is 0.369. The highest BCUT2D eigenvalue weighted by Gasteiger charge is 2.37. The number of nitrogens with one attached hydrogen (secondary N) is 1. The number of pyridine rings is 1. The van der Waals surface area contributed by atoms with Crippen LogP contribution < -0.4 is 19.5 Å². The molecule has 4 rings (SSSR count). The summed E-state index contributed by atoms with van der Waals surface area (Å²) in [5.41, 5.74) is -0.162. The molecule has 1 aromatic carbocycles. The van der Waals surface area contributed by atoms with Gasteiger partial charge in [-0.05, 0) is 50.2 Å². The van der Waals surface area contributed by atoms with E-state index in [4.69, 9.17) is 23.7 Å². The lowest BCUT2D eigenvalue weighted by molar-refractivity contribution is -0.156. The molecule has 4 atom stereocenters. The molecular formula is C32H42N2O8. The maximum Gasteiger partial charge on any atom is 0.329 e. The maximum atomic E-state index is 13.4. The second-order valence-electron chi connectivity index (χ2n) is 11.0. The molecular weight excluding hydrogens is 540 g/mol. The van der Waals surface area contributed by atoms with Crippen molar-refractivity contribution in [2.24, 2.45) is 11.8 Å². The van der Waals surface area contributed by atoms with Crippen LogP contribution in [0.2, 0.25) is 0 Å². The predicted molar refractivity (Wildman–Crippen MR) is 154 cm³/mol. The molecule has 2 aromatic rings. The van der Waals surface area contributed by atoms with Gasteiger partial charge in [-0.25, -0.2) is 9.78 Å². The molecule has 1 N–H and O–H groups in total. The Morgan fingerprint density at radius 1 is 1.02 bits per heavy atom. The van der Waals surface area contributed by atoms with Gasteiger partial charge in [-0.15, -0.1) is 0 Å². The molecule has 1 saturated carbocycles. The normalized spacial score (nSPS) is 23.2. The van der Waals surface area contributed by atoms with Crippen LogP contribution in [0.5, 0.6) is 17.2 Å². The summed E-state index contributed by atoms with van der Waals surface area (Å²) in [6.45, 7) is 2.02. The number of methoxy groups -OCH3 is 2. The smallest absolute Gasteiger partial charge is 0.329 e. The van der Waals surface area contributed by atoms with E-state index in [1.54, 1.807) is 0 Å². The fourth-order valence-electron chi connectivity index (χ4n) is 5.92. The zero-order valence-electron chi connectivity index (χ0n) is 24.7. The molecule has 1 saturated heterocycles. The van der Waals surface area contributed by atoms with Gasteiger partial charge in [-0.3, -0.25) is 9.59 Å². The Kier molecular flexibility index (Phi) is 11.6. The van der Waals surface area contributed by atoms with Crippen molar-refractivity contribution in [2.75, 3.05) is 20.8 Å². The third kappa shape index (κ3) is 8.44. The molecule has 1 aromatic heterocycles. The van der Waals surface area contributed by atoms with Crippen molar-refractivity contribution < 1.29 is 38.1 Å². The minimum atomic E-state index is -0.910. The van der Waals surface area contributed by atoms with Crippen molar-refractivity contribution in [3.63, 3.8) is 0 Å². The first-order valence-corrected chi connectivity index (χ1v) is 14.8. The number of cyclic esters (lactones) is 1. The van der Waals surface area contributed by atoms with Gasteiger partial charge in [0.05, 0.1) is 20.1 Å². The molecule has 1 aliphatic heterocycles. The molecule has 10 nitrogen and oxygen atoms in total. The van der Waals surface area contributed by atoms with Gasteiger partial charge in [0.2, 0.25) is 5.75 Å². The van der Waals surface area contributed by atoms with Crippen LogP contribution in [0.25, 0.3) is 0 Å². The number of aromatic nitrogens is 1. The molecule has 10 heteroatoms. The van der Waals surface area contributed by atoms with E-state index in [1.807, 2.05) is 37.3 Å². The van der Waals surface area contributed by atoms with Gasteiger partial charge in [0.25, 0.3) is 5.91 Å². The summed E-state index contributed by atoms with van der Waals surface area (Å²) in [4.78, 5) is 43.3. The number of hydrogen-bond acceptors (Lipinski definition) is 9. The van der Waals surface area contributed by atoms with E-state index < -0.39 is 30.0 Å². The number of para-hydroxylation sites is 1. The first-order valence-electron chi connectivity index (χ1n) is 14.8. The molecule has 1 amide bonds. The van der Waals surface area contributed by atoms with E-state index in [0.29, 0.717) is 18.8 Å². The highest BCUT2D eigenvalue weighted by atomic mass is 16.6. The van der Waals surface area contributed by atoms with Gasteiger partial charge in [0, 0.05) is 19.4 Å². The van der Waals surface area contributed by atoms with Crippen LogP contribution in [-0.2, 0) is 19.1 Å². The van der Waals surface area contributed by atoms with Crippen LogP contribution in [0.1, 0.15) is 75.2 Å². The fourth-order valence-corrected chi connectivity index (χ4v) is 5.92. The molecule has 0 unspecified atom stereocenters. The average molecular weight is 583 g/mol. The highest BCUT2D eigenvalue weighted by Crippen LogP contribution is 2.36. The molecule has 228 valence electrons. The molecule has 42 heavy (non-hydrogen) atoms. The van der Waals surface area contributed by atoms with Gasteiger partial charge >= 0.3 is 11.9 Å². The monoisotopic (exact) mass is 582 g/mol. The van der Waals surface area contributed by atoms with Gasteiger partial charge in [0.1, 0.15) is 24.0 Å². The van der Waals surface area contributed by atoms with Gasteiger partial charge in [-0.2, -0.15) is 0 Å². The first kappa shape index (κ1) is 31.3. The Bertz CT molecular complexity index is 1180. The SMILES string of the molecule is COCCC(=O)Oc1c(OC)ccnc1C(=O)N[C@H]1CCC[C@H](CC2CCCC2)[C@@H](Oc2ccccc2)[C@H](C)OC1=O. The summed E-state index contributed by atoms with van der Waals surface area (Å²) >= 11 is 0. The Morgan fingerprint density at radius 2 is 1.79 bits per heavy atom. The standard InChI is InChI=1S/C32H42N2O8/c1-21-29(41-24-13-5-4-6-14-24)23(20-22-10-7-8-11-22)12-9-15-25(32(37)40-21)34-31(36)28-30(26(39-3)16-18-33-28)42-27(35)17-19-38-2/h4-6,13-14,16,18,21-23,25,29H,7-12,15,17,19-20H2,1-3H3,(H,34,36)/t21-,23+,25-,29-/m0/s1. The van der Waals surface area contributed by atoms with Gasteiger partial charge < -0.3 is 29.0 Å². The second kappa shape index (κ2) is 15.5. The van der Waals surface area contributed by atoms with Gasteiger partial charge in [-0.1, -0.05) is 50.3 Å². The van der Waals surface area contributed by atoms with Crippen LogP contribution in [0.15, 0.2) is 42.6 Å². The number of nitrogens with zero attached hydrogens (tertiary/aromatic N) is 1. The van der Waals surface area contributed by atoms with E-state index in [9.17, 15) is 14.4 Å². The van der Waals surface area contributed by atoms with Crippen molar-refractivity contribution in [1.29, 1.82) is 0 Å². The number of carbonyl (C=O) groups is 3. The van der Waals surface area contributed by atoms with Crippen LogP contribution in [0, 0.1) is 11.8 Å². The van der Waals surface area contributed by atoms with Crippen LogP contribution >= 0.6 is 0 Å². The van der Waals surface area contributed by atoms with Crippen molar-refractivity contribution in [2.45, 2.75) is 83.0 Å². The third-order valence-corrected chi connectivity index (χ3v) is 8.04. The number of hydrogen-bond donors (Lipinski definition) is 1. The van der Waals surface area contributed by atoms with Crippen molar-refractivity contribution in [1.82, 2.24) is 10.3 Å². The zero-order valence-corrected chi connectivity index (χ0v) is 24.7. The number of esters is 2. The molecule has 1 aliphatic carbocycles. The molecule has 2 heterocycles. The highest BCUT2D eigenvalue weighted by molar-refractivity contribution is 5.98. The summed E-state index contributed by atoms with van der Waals surface area (Å²) in [7, 11) is 2.87. The minimum absolute atomic E-state index is 0.0172. The Labute approximate surface area is 247 Å². The minimum Gasteiger partial charge on any atom is -0.493 e. The lowest BCUT2D eigenvalue weighted by atomic mass is 9.83. The van der Waals surface area contributed by atoms with E-state index in [1.165, 1.54) is 52.2 Å². The van der Waals surface area contributed by atoms with E-state index in [0.717, 1.165) is 18.6 Å². The van der Waals surface area contributed by atoms with E-state index >= 15 is 0 Å². The van der Waals surface area contributed by atoms with E-state index in [2.05, 4.69) is 10.3 Å². The molecule has 0 radical (unpaired) electrons. The van der Waals surface area contributed by atoms with Crippen molar-refractivity contribution in [3.05, 3.63) is 48.3 Å². The van der Waals surface area contributed by atoms with Crippen molar-refractivity contribution >= 4 is 17.8 Å². The lowest BCUT2D eigenvalue weighted by Gasteiger charge is -2.33. The summed E-state index contributed by atoms with van der Waals surface area (Å²) in [5.74, 6) is -0.187. The number of rotatable bonds is 11. The number of ether oxygens (including phenoxy) is 5. The molecule has 0 spiro atoms. The van der Waals surface area contributed by atoms with Crippen LogP contribution in [0.4, 0.5) is 0 Å².